The first kappa shape index (κ1) is 21.2. The number of halogens is 3. The second-order valence-electron chi connectivity index (χ2n) is 7.93. The van der Waals surface area contributed by atoms with Crippen molar-refractivity contribution in [2.45, 2.75) is 32.0 Å². The SMILES string of the molecule is CCNc1ncc2c(n1)N1CCC[C@H]1CN(c1cccn3c(=O)cc(C(F)(F)F)nc13)C2=O. The molecule has 33 heavy (non-hydrogen) atoms. The zero-order valence-corrected chi connectivity index (χ0v) is 17.6. The predicted molar refractivity (Wildman–Crippen MR) is 115 cm³/mol. The first-order valence-electron chi connectivity index (χ1n) is 10.6. The molecule has 1 atom stereocenters. The number of anilines is 3. The molecule has 2 aliphatic rings. The number of alkyl halides is 3. The van der Waals surface area contributed by atoms with Crippen LogP contribution in [0.3, 0.4) is 0 Å². The highest BCUT2D eigenvalue weighted by molar-refractivity contribution is 6.11. The van der Waals surface area contributed by atoms with Crippen molar-refractivity contribution in [2.24, 2.45) is 0 Å². The van der Waals surface area contributed by atoms with Gasteiger partial charge in [-0.3, -0.25) is 14.0 Å². The van der Waals surface area contributed by atoms with Gasteiger partial charge >= 0.3 is 6.18 Å². The van der Waals surface area contributed by atoms with E-state index in [0.29, 0.717) is 30.9 Å². The van der Waals surface area contributed by atoms with E-state index in [0.717, 1.165) is 17.2 Å². The number of amides is 1. The van der Waals surface area contributed by atoms with E-state index in [2.05, 4.69) is 20.3 Å². The summed E-state index contributed by atoms with van der Waals surface area (Å²) in [5.74, 6) is 0.441. The Labute approximate surface area is 185 Å². The molecule has 0 spiro atoms. The third-order valence-corrected chi connectivity index (χ3v) is 5.87. The molecule has 0 unspecified atom stereocenters. The summed E-state index contributed by atoms with van der Waals surface area (Å²) in [6.45, 7) is 3.44. The number of aromatic nitrogens is 4. The van der Waals surface area contributed by atoms with Gasteiger partial charge in [-0.2, -0.15) is 18.2 Å². The molecular formula is C21H20F3N7O2. The van der Waals surface area contributed by atoms with Gasteiger partial charge in [0.1, 0.15) is 11.4 Å². The Balaban J connectivity index is 1.69. The molecule has 5 heterocycles. The quantitative estimate of drug-likeness (QED) is 0.643. The van der Waals surface area contributed by atoms with Gasteiger partial charge in [0.25, 0.3) is 11.5 Å². The molecule has 0 aliphatic carbocycles. The van der Waals surface area contributed by atoms with Crippen LogP contribution in [0.15, 0.2) is 35.4 Å². The Morgan fingerprint density at radius 2 is 2.06 bits per heavy atom. The highest BCUT2D eigenvalue weighted by Crippen LogP contribution is 2.35. The van der Waals surface area contributed by atoms with Crippen molar-refractivity contribution in [3.05, 3.63) is 52.2 Å². The van der Waals surface area contributed by atoms with Gasteiger partial charge in [0.2, 0.25) is 5.95 Å². The van der Waals surface area contributed by atoms with E-state index in [-0.39, 0.29) is 29.5 Å². The van der Waals surface area contributed by atoms with Crippen LogP contribution in [0.25, 0.3) is 5.65 Å². The molecule has 5 rings (SSSR count). The van der Waals surface area contributed by atoms with Crippen molar-refractivity contribution in [1.29, 1.82) is 0 Å². The van der Waals surface area contributed by atoms with Gasteiger partial charge in [0.15, 0.2) is 11.3 Å². The summed E-state index contributed by atoms with van der Waals surface area (Å²) in [7, 11) is 0. The van der Waals surface area contributed by atoms with Crippen LogP contribution in [-0.2, 0) is 6.18 Å². The topological polar surface area (TPSA) is 95.7 Å². The average Bonchev–Trinajstić information content (AvgIpc) is 3.20. The number of nitrogens with zero attached hydrogens (tertiary/aromatic N) is 6. The molecule has 0 saturated carbocycles. The van der Waals surface area contributed by atoms with Crippen molar-refractivity contribution >= 4 is 29.0 Å². The summed E-state index contributed by atoms with van der Waals surface area (Å²) in [6, 6.07) is 3.37. The van der Waals surface area contributed by atoms with Crippen molar-refractivity contribution < 1.29 is 18.0 Å². The molecule has 1 fully saturated rings. The molecule has 0 radical (unpaired) electrons. The maximum atomic E-state index is 13.6. The van der Waals surface area contributed by atoms with Crippen molar-refractivity contribution in [1.82, 2.24) is 19.4 Å². The van der Waals surface area contributed by atoms with Crippen LogP contribution in [-0.4, -0.2) is 50.9 Å². The minimum Gasteiger partial charge on any atom is -0.354 e. The Morgan fingerprint density at radius 3 is 2.82 bits per heavy atom. The molecule has 0 aromatic carbocycles. The largest absolute Gasteiger partial charge is 0.433 e. The van der Waals surface area contributed by atoms with Gasteiger partial charge in [-0.25, -0.2) is 9.97 Å². The van der Waals surface area contributed by atoms with E-state index < -0.39 is 23.3 Å². The lowest BCUT2D eigenvalue weighted by atomic mass is 10.2. The van der Waals surface area contributed by atoms with Crippen molar-refractivity contribution in [3.63, 3.8) is 0 Å². The van der Waals surface area contributed by atoms with Gasteiger partial charge in [-0.1, -0.05) is 0 Å². The molecule has 1 saturated heterocycles. The van der Waals surface area contributed by atoms with E-state index in [1.54, 1.807) is 0 Å². The van der Waals surface area contributed by atoms with Gasteiger partial charge in [0, 0.05) is 44.1 Å². The van der Waals surface area contributed by atoms with Crippen LogP contribution < -0.4 is 20.7 Å². The van der Waals surface area contributed by atoms with Gasteiger partial charge in [-0.15, -0.1) is 0 Å². The smallest absolute Gasteiger partial charge is 0.354 e. The Kier molecular flexibility index (Phi) is 4.94. The minimum absolute atomic E-state index is 0.0858. The lowest BCUT2D eigenvalue weighted by molar-refractivity contribution is -0.141. The second kappa shape index (κ2) is 7.71. The van der Waals surface area contributed by atoms with E-state index in [9.17, 15) is 22.8 Å². The maximum Gasteiger partial charge on any atom is 0.433 e. The van der Waals surface area contributed by atoms with Crippen molar-refractivity contribution in [2.75, 3.05) is 34.8 Å². The van der Waals surface area contributed by atoms with Crippen molar-refractivity contribution in [3.8, 4) is 0 Å². The minimum atomic E-state index is -4.80. The average molecular weight is 459 g/mol. The lowest BCUT2D eigenvalue weighted by Gasteiger charge is -2.27. The number of fused-ring (bicyclic) bond motifs is 4. The molecule has 172 valence electrons. The van der Waals surface area contributed by atoms with Crippen LogP contribution >= 0.6 is 0 Å². The molecule has 12 heteroatoms. The van der Waals surface area contributed by atoms with Gasteiger partial charge in [0.05, 0.1) is 5.69 Å². The molecule has 3 aromatic rings. The molecular weight excluding hydrogens is 439 g/mol. The van der Waals surface area contributed by atoms with E-state index in [1.807, 2.05) is 11.8 Å². The predicted octanol–water partition coefficient (Wildman–Crippen LogP) is 2.56. The summed E-state index contributed by atoms with van der Waals surface area (Å²) in [5.41, 5.74) is -2.04. The summed E-state index contributed by atoms with van der Waals surface area (Å²) in [5, 5.41) is 3.04. The number of carbonyl (C=O) groups is 1. The number of nitrogens with one attached hydrogen (secondary N) is 1. The number of rotatable bonds is 3. The highest BCUT2D eigenvalue weighted by Gasteiger charge is 2.39. The monoisotopic (exact) mass is 459 g/mol. The number of hydrogen-bond donors (Lipinski definition) is 1. The fraction of sp³-hybridized carbons (Fsp3) is 0.381. The van der Waals surface area contributed by atoms with E-state index >= 15 is 0 Å². The third kappa shape index (κ3) is 3.55. The standard InChI is InChI=1S/C21H20F3N7O2/c1-2-25-20-26-10-13-17(28-20)29-7-3-5-12(29)11-31(19(13)33)14-6-4-8-30-16(32)9-15(21(22,23)24)27-18(14)30/h4,6,8-10,12H,2-3,5,7,11H2,1H3,(H,25,26,28)/t12-/m0/s1. The van der Waals surface area contributed by atoms with E-state index in [4.69, 9.17) is 0 Å². The summed E-state index contributed by atoms with van der Waals surface area (Å²) in [4.78, 5) is 41.9. The fourth-order valence-electron chi connectivity index (χ4n) is 4.40. The zero-order valence-electron chi connectivity index (χ0n) is 17.6. The maximum absolute atomic E-state index is 13.6. The molecule has 2 aliphatic heterocycles. The summed E-state index contributed by atoms with van der Waals surface area (Å²) >= 11 is 0. The van der Waals surface area contributed by atoms with Crippen LogP contribution in [0.1, 0.15) is 35.8 Å². The van der Waals surface area contributed by atoms with Crippen LogP contribution in [0.5, 0.6) is 0 Å². The number of carbonyl (C=O) groups excluding carboxylic acids is 1. The van der Waals surface area contributed by atoms with Crippen LogP contribution in [0.2, 0.25) is 0 Å². The van der Waals surface area contributed by atoms with E-state index in [1.165, 1.54) is 29.4 Å². The highest BCUT2D eigenvalue weighted by atomic mass is 19.4. The summed E-state index contributed by atoms with van der Waals surface area (Å²) in [6.07, 6.45) is -0.358. The Bertz CT molecular complexity index is 1310. The van der Waals surface area contributed by atoms with Crippen LogP contribution in [0, 0.1) is 0 Å². The van der Waals surface area contributed by atoms with Gasteiger partial charge in [-0.05, 0) is 31.9 Å². The first-order valence-corrected chi connectivity index (χ1v) is 10.6. The Morgan fingerprint density at radius 1 is 1.24 bits per heavy atom. The summed E-state index contributed by atoms with van der Waals surface area (Å²) < 4.78 is 41.1. The molecule has 1 N–H and O–H groups in total. The Hall–Kier alpha value is -3.70. The number of hydrogen-bond acceptors (Lipinski definition) is 7. The van der Waals surface area contributed by atoms with Gasteiger partial charge < -0.3 is 15.1 Å². The molecule has 3 aromatic heterocycles. The molecule has 9 nitrogen and oxygen atoms in total. The first-order chi connectivity index (χ1) is 15.8. The lowest BCUT2D eigenvalue weighted by Crippen LogP contribution is -2.40. The fourth-order valence-corrected chi connectivity index (χ4v) is 4.40. The number of pyridine rings is 1. The third-order valence-electron chi connectivity index (χ3n) is 5.87. The second-order valence-corrected chi connectivity index (χ2v) is 7.93. The molecule has 1 amide bonds. The normalized spacial score (nSPS) is 18.3. The molecule has 0 bridgehead atoms. The van der Waals surface area contributed by atoms with Crippen LogP contribution in [0.4, 0.5) is 30.6 Å². The zero-order chi connectivity index (χ0) is 23.3.